The largest absolute Gasteiger partial charge is 0.454 e. The van der Waals surface area contributed by atoms with E-state index >= 15 is 0 Å². The summed E-state index contributed by atoms with van der Waals surface area (Å²) in [5.41, 5.74) is 1.00. The smallest absolute Gasteiger partial charge is 0.231 e. The van der Waals surface area contributed by atoms with E-state index in [1.807, 2.05) is 29.6 Å². The standard InChI is InChI=1S/C14H11ClN4O2S2/c15-9-4-8(5-10-12(9)21-7-20-10)6-23-14-18-17-13(19(14)16)11-2-1-3-22-11/h1-5H,6-7,16H2. The molecule has 6 nitrogen and oxygen atoms in total. The lowest BCUT2D eigenvalue weighted by Gasteiger charge is -2.05. The molecule has 2 aromatic heterocycles. The quantitative estimate of drug-likeness (QED) is 0.563. The van der Waals surface area contributed by atoms with Crippen LogP contribution in [0.25, 0.3) is 10.7 Å². The van der Waals surface area contributed by atoms with Crippen LogP contribution >= 0.6 is 34.7 Å². The third-order valence-electron chi connectivity index (χ3n) is 3.26. The van der Waals surface area contributed by atoms with Crippen LogP contribution < -0.4 is 15.3 Å². The lowest BCUT2D eigenvalue weighted by atomic mass is 10.2. The van der Waals surface area contributed by atoms with Crippen LogP contribution in [0, 0.1) is 0 Å². The highest BCUT2D eigenvalue weighted by molar-refractivity contribution is 7.98. The summed E-state index contributed by atoms with van der Waals surface area (Å²) in [6.45, 7) is 0.201. The second-order valence-corrected chi connectivity index (χ2v) is 7.05. The van der Waals surface area contributed by atoms with E-state index in [-0.39, 0.29) is 6.79 Å². The lowest BCUT2D eigenvalue weighted by molar-refractivity contribution is 0.174. The van der Waals surface area contributed by atoms with Gasteiger partial charge in [-0.1, -0.05) is 29.4 Å². The molecule has 118 valence electrons. The van der Waals surface area contributed by atoms with Gasteiger partial charge in [0.05, 0.1) is 9.90 Å². The average Bonchev–Trinajstić information content (AvgIpc) is 3.25. The van der Waals surface area contributed by atoms with Crippen LogP contribution in [-0.2, 0) is 5.75 Å². The summed E-state index contributed by atoms with van der Waals surface area (Å²) in [5.74, 6) is 8.66. The van der Waals surface area contributed by atoms with Crippen molar-refractivity contribution in [2.45, 2.75) is 10.9 Å². The first-order valence-corrected chi connectivity index (χ1v) is 8.92. The number of ether oxygens (including phenoxy) is 2. The van der Waals surface area contributed by atoms with Crippen molar-refractivity contribution in [1.29, 1.82) is 0 Å². The van der Waals surface area contributed by atoms with E-state index < -0.39 is 0 Å². The van der Waals surface area contributed by atoms with Crippen molar-refractivity contribution in [3.8, 4) is 22.2 Å². The second-order valence-electron chi connectivity index (χ2n) is 4.75. The van der Waals surface area contributed by atoms with Crippen LogP contribution in [0.3, 0.4) is 0 Å². The van der Waals surface area contributed by atoms with Gasteiger partial charge in [-0.3, -0.25) is 0 Å². The van der Waals surface area contributed by atoms with Crippen LogP contribution in [0.2, 0.25) is 5.02 Å². The monoisotopic (exact) mass is 366 g/mol. The van der Waals surface area contributed by atoms with Gasteiger partial charge < -0.3 is 15.3 Å². The van der Waals surface area contributed by atoms with Crippen LogP contribution in [0.1, 0.15) is 5.56 Å². The normalized spacial score (nSPS) is 12.7. The Balaban J connectivity index is 1.53. The Morgan fingerprint density at radius 2 is 2.26 bits per heavy atom. The van der Waals surface area contributed by atoms with Crippen LogP contribution in [0.15, 0.2) is 34.8 Å². The van der Waals surface area contributed by atoms with Crippen molar-refractivity contribution < 1.29 is 9.47 Å². The molecule has 2 N–H and O–H groups in total. The number of nitrogen functional groups attached to an aromatic ring is 1. The molecule has 1 aliphatic rings. The predicted octanol–water partition coefficient (Wildman–Crippen LogP) is 3.39. The predicted molar refractivity (Wildman–Crippen MR) is 90.6 cm³/mol. The Labute approximate surface area is 145 Å². The zero-order chi connectivity index (χ0) is 15.8. The number of nitrogens with zero attached hydrogens (tertiary/aromatic N) is 3. The summed E-state index contributed by atoms with van der Waals surface area (Å²) >= 11 is 9.25. The molecule has 0 bridgehead atoms. The maximum Gasteiger partial charge on any atom is 0.231 e. The molecule has 3 aromatic rings. The van der Waals surface area contributed by atoms with Gasteiger partial charge in [0, 0.05) is 5.75 Å². The maximum absolute atomic E-state index is 6.19. The molecule has 0 aliphatic carbocycles. The van der Waals surface area contributed by atoms with Gasteiger partial charge in [0.2, 0.25) is 11.9 Å². The fourth-order valence-corrected chi connectivity index (χ4v) is 3.98. The first-order chi connectivity index (χ1) is 11.2. The first kappa shape index (κ1) is 14.7. The number of thiophene rings is 1. The maximum atomic E-state index is 6.19. The Hall–Kier alpha value is -1.90. The summed E-state index contributed by atoms with van der Waals surface area (Å²) in [5, 5.41) is 11.5. The number of halogens is 1. The molecule has 0 atom stereocenters. The minimum absolute atomic E-state index is 0.201. The molecule has 0 unspecified atom stereocenters. The molecule has 0 fully saturated rings. The van der Waals surface area contributed by atoms with E-state index in [4.69, 9.17) is 26.9 Å². The molecule has 1 aliphatic heterocycles. The molecule has 0 amide bonds. The van der Waals surface area contributed by atoms with Gasteiger partial charge in [-0.05, 0) is 29.1 Å². The Kier molecular flexibility index (Phi) is 3.80. The highest BCUT2D eigenvalue weighted by Gasteiger charge is 2.19. The fourth-order valence-electron chi connectivity index (χ4n) is 2.20. The fraction of sp³-hybridized carbons (Fsp3) is 0.143. The number of nitrogens with two attached hydrogens (primary N) is 1. The van der Waals surface area contributed by atoms with Gasteiger partial charge in [0.1, 0.15) is 0 Å². The Bertz CT molecular complexity index is 851. The van der Waals surface area contributed by atoms with Crippen molar-refractivity contribution in [2.24, 2.45) is 0 Å². The molecule has 1 aromatic carbocycles. The zero-order valence-electron chi connectivity index (χ0n) is 11.7. The van der Waals surface area contributed by atoms with Crippen molar-refractivity contribution in [2.75, 3.05) is 12.6 Å². The van der Waals surface area contributed by atoms with E-state index in [1.54, 1.807) is 11.3 Å². The SMILES string of the molecule is Nn1c(SCc2cc(Cl)c3c(c2)OCO3)nnc1-c1cccs1. The zero-order valence-corrected chi connectivity index (χ0v) is 14.1. The number of fused-ring (bicyclic) bond motifs is 1. The minimum Gasteiger partial charge on any atom is -0.454 e. The number of rotatable bonds is 4. The van der Waals surface area contributed by atoms with Gasteiger partial charge >= 0.3 is 0 Å². The van der Waals surface area contributed by atoms with Gasteiger partial charge in [-0.2, -0.15) is 0 Å². The molecule has 0 saturated heterocycles. The molecular weight excluding hydrogens is 356 g/mol. The Morgan fingerprint density at radius 3 is 3.09 bits per heavy atom. The van der Waals surface area contributed by atoms with E-state index in [2.05, 4.69) is 10.2 Å². The number of thioether (sulfide) groups is 1. The molecule has 23 heavy (non-hydrogen) atoms. The van der Waals surface area contributed by atoms with E-state index in [0.29, 0.717) is 33.3 Å². The van der Waals surface area contributed by atoms with Crippen LogP contribution in [0.4, 0.5) is 0 Å². The lowest BCUT2D eigenvalue weighted by Crippen LogP contribution is -2.11. The minimum atomic E-state index is 0.201. The van der Waals surface area contributed by atoms with Gasteiger partial charge in [0.15, 0.2) is 17.3 Å². The summed E-state index contributed by atoms with van der Waals surface area (Å²) in [6.07, 6.45) is 0. The van der Waals surface area contributed by atoms with Crippen molar-refractivity contribution in [3.05, 3.63) is 40.2 Å². The molecule has 0 spiro atoms. The first-order valence-electron chi connectivity index (χ1n) is 6.67. The molecule has 9 heteroatoms. The van der Waals surface area contributed by atoms with Gasteiger partial charge in [-0.15, -0.1) is 21.5 Å². The van der Waals surface area contributed by atoms with Gasteiger partial charge in [0.25, 0.3) is 0 Å². The van der Waals surface area contributed by atoms with Gasteiger partial charge in [-0.25, -0.2) is 4.68 Å². The highest BCUT2D eigenvalue weighted by Crippen LogP contribution is 2.40. The number of hydrogen-bond acceptors (Lipinski definition) is 7. The van der Waals surface area contributed by atoms with E-state index in [0.717, 1.165) is 10.4 Å². The summed E-state index contributed by atoms with van der Waals surface area (Å²) in [7, 11) is 0. The van der Waals surface area contributed by atoms with E-state index in [9.17, 15) is 0 Å². The molecule has 0 saturated carbocycles. The highest BCUT2D eigenvalue weighted by atomic mass is 35.5. The van der Waals surface area contributed by atoms with Crippen molar-refractivity contribution in [3.63, 3.8) is 0 Å². The molecule has 4 rings (SSSR count). The summed E-state index contributed by atoms with van der Waals surface area (Å²) in [4.78, 5) is 0.984. The molecule has 3 heterocycles. The number of hydrogen-bond donors (Lipinski definition) is 1. The molecule has 0 radical (unpaired) electrons. The number of aromatic nitrogens is 3. The topological polar surface area (TPSA) is 75.2 Å². The third kappa shape index (κ3) is 2.73. The molecular formula is C14H11ClN4O2S2. The summed E-state index contributed by atoms with van der Waals surface area (Å²) < 4.78 is 12.2. The van der Waals surface area contributed by atoms with Crippen LogP contribution in [0.5, 0.6) is 11.5 Å². The number of benzene rings is 1. The van der Waals surface area contributed by atoms with Crippen molar-refractivity contribution >= 4 is 34.7 Å². The third-order valence-corrected chi connectivity index (χ3v) is 5.42. The van der Waals surface area contributed by atoms with Crippen LogP contribution in [-0.4, -0.2) is 21.7 Å². The Morgan fingerprint density at radius 1 is 1.35 bits per heavy atom. The van der Waals surface area contributed by atoms with E-state index in [1.165, 1.54) is 16.4 Å². The summed E-state index contributed by atoms with van der Waals surface area (Å²) in [6, 6.07) is 7.69. The van der Waals surface area contributed by atoms with Crippen molar-refractivity contribution in [1.82, 2.24) is 14.9 Å². The average molecular weight is 367 g/mol. The second kappa shape index (κ2) is 5.95.